The molecule has 2 heteroatoms. The van der Waals surface area contributed by atoms with Crippen LogP contribution in [0.2, 0.25) is 0 Å². The molecule has 0 radical (unpaired) electrons. The number of piperidine rings is 1. The Labute approximate surface area is 99.6 Å². The van der Waals surface area contributed by atoms with Crippen molar-refractivity contribution in [2.24, 2.45) is 11.7 Å². The van der Waals surface area contributed by atoms with Crippen molar-refractivity contribution in [3.05, 3.63) is 0 Å². The lowest BCUT2D eigenvalue weighted by Gasteiger charge is -2.43. The van der Waals surface area contributed by atoms with Crippen LogP contribution >= 0.6 is 0 Å². The maximum Gasteiger partial charge on any atom is 0.0129 e. The third kappa shape index (κ3) is 1.70. The Bertz CT molecular complexity index is 239. The van der Waals surface area contributed by atoms with Crippen molar-refractivity contribution in [3.63, 3.8) is 0 Å². The third-order valence-electron chi connectivity index (χ3n) is 5.35. The highest BCUT2D eigenvalue weighted by atomic mass is 15.3. The van der Waals surface area contributed by atoms with Gasteiger partial charge in [-0.25, -0.2) is 0 Å². The summed E-state index contributed by atoms with van der Waals surface area (Å²) in [7, 11) is 0. The number of fused-ring (bicyclic) bond motifs is 2. The molecular formula is C14H26N2. The zero-order valence-corrected chi connectivity index (χ0v) is 10.6. The predicted octanol–water partition coefficient (Wildman–Crippen LogP) is 2.52. The van der Waals surface area contributed by atoms with Gasteiger partial charge in [0.1, 0.15) is 0 Å². The molecule has 2 N–H and O–H groups in total. The number of nitrogens with zero attached hydrogens (tertiary/aromatic N) is 1. The first kappa shape index (κ1) is 11.0. The summed E-state index contributed by atoms with van der Waals surface area (Å²) in [5.41, 5.74) is 6.16. The van der Waals surface area contributed by atoms with Gasteiger partial charge < -0.3 is 5.73 Å². The molecule has 2 saturated heterocycles. The first-order valence-corrected chi connectivity index (χ1v) is 7.32. The summed E-state index contributed by atoms with van der Waals surface area (Å²) in [6.45, 7) is 2.38. The smallest absolute Gasteiger partial charge is 0.0129 e. The van der Waals surface area contributed by atoms with E-state index < -0.39 is 0 Å². The van der Waals surface area contributed by atoms with Crippen molar-refractivity contribution in [2.75, 3.05) is 0 Å². The highest BCUT2D eigenvalue weighted by molar-refractivity contribution is 5.01. The zero-order chi connectivity index (χ0) is 11.1. The Morgan fingerprint density at radius 2 is 1.75 bits per heavy atom. The standard InChI is InChI=1S/C14H26N2/c1-2-10-4-3-5-14(10)16-12-6-7-13(16)9-11(15)8-12/h10-14H,2-9,15H2,1H3. The fourth-order valence-corrected chi connectivity index (χ4v) is 4.68. The maximum absolute atomic E-state index is 6.16. The molecule has 0 aromatic rings. The van der Waals surface area contributed by atoms with Gasteiger partial charge in [-0.15, -0.1) is 0 Å². The molecule has 1 saturated carbocycles. The minimum atomic E-state index is 0.496. The molecule has 2 bridgehead atoms. The SMILES string of the molecule is CCC1CCCC1N1C2CCC1CC(N)C2. The van der Waals surface area contributed by atoms with E-state index >= 15 is 0 Å². The molecule has 0 aromatic carbocycles. The molecule has 4 atom stereocenters. The molecule has 2 aliphatic heterocycles. The Morgan fingerprint density at radius 1 is 1.06 bits per heavy atom. The van der Waals surface area contributed by atoms with Gasteiger partial charge >= 0.3 is 0 Å². The second-order valence-corrected chi connectivity index (χ2v) is 6.23. The normalized spacial score (nSPS) is 48.8. The van der Waals surface area contributed by atoms with Crippen molar-refractivity contribution in [1.82, 2.24) is 4.90 Å². The molecule has 2 nitrogen and oxygen atoms in total. The van der Waals surface area contributed by atoms with Crippen LogP contribution in [0.25, 0.3) is 0 Å². The van der Waals surface area contributed by atoms with Gasteiger partial charge in [-0.1, -0.05) is 19.8 Å². The highest BCUT2D eigenvalue weighted by Crippen LogP contribution is 2.43. The summed E-state index contributed by atoms with van der Waals surface area (Å²) in [5.74, 6) is 0.984. The lowest BCUT2D eigenvalue weighted by Crippen LogP contribution is -2.52. The second-order valence-electron chi connectivity index (χ2n) is 6.23. The summed E-state index contributed by atoms with van der Waals surface area (Å²) < 4.78 is 0. The number of rotatable bonds is 2. The molecular weight excluding hydrogens is 196 g/mol. The van der Waals surface area contributed by atoms with Crippen molar-refractivity contribution in [3.8, 4) is 0 Å². The van der Waals surface area contributed by atoms with E-state index in [0.717, 1.165) is 24.0 Å². The second kappa shape index (κ2) is 4.30. The van der Waals surface area contributed by atoms with E-state index in [1.807, 2.05) is 0 Å². The van der Waals surface area contributed by atoms with Gasteiger partial charge in [0.2, 0.25) is 0 Å². The molecule has 0 aromatic heterocycles. The van der Waals surface area contributed by atoms with Crippen LogP contribution in [-0.2, 0) is 0 Å². The van der Waals surface area contributed by atoms with E-state index in [0.29, 0.717) is 6.04 Å². The van der Waals surface area contributed by atoms with Crippen molar-refractivity contribution in [1.29, 1.82) is 0 Å². The van der Waals surface area contributed by atoms with E-state index in [1.165, 1.54) is 51.4 Å². The Kier molecular flexibility index (Phi) is 2.97. The van der Waals surface area contributed by atoms with Crippen LogP contribution in [0.5, 0.6) is 0 Å². The number of nitrogens with two attached hydrogens (primary N) is 1. The van der Waals surface area contributed by atoms with Gasteiger partial charge in [0.15, 0.2) is 0 Å². The molecule has 16 heavy (non-hydrogen) atoms. The highest BCUT2D eigenvalue weighted by Gasteiger charge is 2.45. The molecule has 4 unspecified atom stereocenters. The maximum atomic E-state index is 6.16. The van der Waals surface area contributed by atoms with Crippen LogP contribution < -0.4 is 5.73 Å². The summed E-state index contributed by atoms with van der Waals surface area (Å²) in [6, 6.07) is 3.09. The fourth-order valence-electron chi connectivity index (χ4n) is 4.68. The molecule has 92 valence electrons. The zero-order valence-electron chi connectivity index (χ0n) is 10.6. The largest absolute Gasteiger partial charge is 0.328 e. The van der Waals surface area contributed by atoms with Crippen LogP contribution in [0.1, 0.15) is 58.3 Å². The van der Waals surface area contributed by atoms with Gasteiger partial charge in [0, 0.05) is 24.2 Å². The van der Waals surface area contributed by atoms with E-state index in [-0.39, 0.29) is 0 Å². The number of hydrogen-bond acceptors (Lipinski definition) is 2. The lowest BCUT2D eigenvalue weighted by atomic mass is 9.91. The molecule has 3 rings (SSSR count). The van der Waals surface area contributed by atoms with Crippen LogP contribution in [-0.4, -0.2) is 29.1 Å². The van der Waals surface area contributed by atoms with Crippen LogP contribution in [0.15, 0.2) is 0 Å². The summed E-state index contributed by atoms with van der Waals surface area (Å²) in [6.07, 6.45) is 11.2. The summed E-state index contributed by atoms with van der Waals surface area (Å²) in [5, 5.41) is 0. The summed E-state index contributed by atoms with van der Waals surface area (Å²) in [4.78, 5) is 2.91. The van der Waals surface area contributed by atoms with Gasteiger partial charge in [-0.3, -0.25) is 4.90 Å². The lowest BCUT2D eigenvalue weighted by molar-refractivity contribution is 0.0570. The van der Waals surface area contributed by atoms with Gasteiger partial charge in [-0.2, -0.15) is 0 Å². The van der Waals surface area contributed by atoms with E-state index in [9.17, 15) is 0 Å². The Morgan fingerprint density at radius 3 is 2.38 bits per heavy atom. The minimum absolute atomic E-state index is 0.496. The Hall–Kier alpha value is -0.0800. The topological polar surface area (TPSA) is 29.3 Å². The predicted molar refractivity (Wildman–Crippen MR) is 67.3 cm³/mol. The third-order valence-corrected chi connectivity index (χ3v) is 5.35. The van der Waals surface area contributed by atoms with E-state index in [4.69, 9.17) is 5.73 Å². The first-order chi connectivity index (χ1) is 7.79. The molecule has 0 amide bonds. The molecule has 0 spiro atoms. The molecule has 2 heterocycles. The summed E-state index contributed by atoms with van der Waals surface area (Å²) >= 11 is 0. The van der Waals surface area contributed by atoms with Crippen LogP contribution in [0.4, 0.5) is 0 Å². The van der Waals surface area contributed by atoms with Crippen molar-refractivity contribution >= 4 is 0 Å². The van der Waals surface area contributed by atoms with Crippen molar-refractivity contribution < 1.29 is 0 Å². The van der Waals surface area contributed by atoms with Crippen molar-refractivity contribution in [2.45, 2.75) is 82.5 Å². The monoisotopic (exact) mass is 222 g/mol. The average molecular weight is 222 g/mol. The molecule has 3 fully saturated rings. The van der Waals surface area contributed by atoms with Gasteiger partial charge in [0.05, 0.1) is 0 Å². The number of hydrogen-bond donors (Lipinski definition) is 1. The van der Waals surface area contributed by atoms with Crippen LogP contribution in [0.3, 0.4) is 0 Å². The fraction of sp³-hybridized carbons (Fsp3) is 1.00. The minimum Gasteiger partial charge on any atom is -0.328 e. The van der Waals surface area contributed by atoms with E-state index in [1.54, 1.807) is 0 Å². The quantitative estimate of drug-likeness (QED) is 0.778. The molecule has 3 aliphatic rings. The van der Waals surface area contributed by atoms with Crippen LogP contribution in [0, 0.1) is 5.92 Å². The van der Waals surface area contributed by atoms with Gasteiger partial charge in [-0.05, 0) is 44.4 Å². The van der Waals surface area contributed by atoms with E-state index in [2.05, 4.69) is 11.8 Å². The van der Waals surface area contributed by atoms with Gasteiger partial charge in [0.25, 0.3) is 0 Å². The average Bonchev–Trinajstić information content (AvgIpc) is 2.81. The Balaban J connectivity index is 1.75. The first-order valence-electron chi connectivity index (χ1n) is 7.32. The molecule has 1 aliphatic carbocycles.